The van der Waals surface area contributed by atoms with Crippen LogP contribution in [-0.2, 0) is 13.0 Å². The monoisotopic (exact) mass is 363 g/mol. The molecule has 0 bridgehead atoms. The first kappa shape index (κ1) is 17.1. The van der Waals surface area contributed by atoms with Gasteiger partial charge in [-0.25, -0.2) is 9.37 Å². The van der Waals surface area contributed by atoms with E-state index in [9.17, 15) is 14.0 Å². The molecule has 2 heterocycles. The fourth-order valence-corrected chi connectivity index (χ4v) is 3.30. The lowest BCUT2D eigenvalue weighted by Gasteiger charge is -2.28. The Morgan fingerprint density at radius 3 is 2.70 bits per heavy atom. The maximum atomic E-state index is 13.1. The van der Waals surface area contributed by atoms with E-state index < -0.39 is 0 Å². The Hall–Kier alpha value is -3.28. The summed E-state index contributed by atoms with van der Waals surface area (Å²) in [7, 11) is 0. The number of H-pyrrole nitrogens is 1. The molecule has 3 aromatic rings. The van der Waals surface area contributed by atoms with Gasteiger partial charge in [0.25, 0.3) is 11.5 Å². The molecule has 1 N–H and O–H groups in total. The highest BCUT2D eigenvalue weighted by Gasteiger charge is 2.25. The van der Waals surface area contributed by atoms with Gasteiger partial charge in [0.1, 0.15) is 11.6 Å². The van der Waals surface area contributed by atoms with Crippen molar-refractivity contribution >= 4 is 5.91 Å². The predicted octanol–water partition coefficient (Wildman–Crippen LogP) is 3.08. The fourth-order valence-electron chi connectivity index (χ4n) is 3.30. The minimum atomic E-state index is -0.389. The van der Waals surface area contributed by atoms with Gasteiger partial charge >= 0.3 is 0 Å². The van der Waals surface area contributed by atoms with Crippen molar-refractivity contribution in [1.82, 2.24) is 14.9 Å². The molecule has 0 unspecified atom stereocenters. The number of fused-ring (bicyclic) bond motifs is 1. The van der Waals surface area contributed by atoms with E-state index in [1.54, 1.807) is 4.90 Å². The van der Waals surface area contributed by atoms with Gasteiger partial charge < -0.3 is 9.88 Å². The van der Waals surface area contributed by atoms with Gasteiger partial charge in [-0.2, -0.15) is 0 Å². The second-order valence-electron chi connectivity index (χ2n) is 6.69. The van der Waals surface area contributed by atoms with Gasteiger partial charge in [0, 0.05) is 24.1 Å². The number of carbonyl (C=O) groups is 1. The number of hydrogen-bond acceptors (Lipinski definition) is 3. The first-order valence-corrected chi connectivity index (χ1v) is 8.75. The van der Waals surface area contributed by atoms with E-state index in [-0.39, 0.29) is 23.8 Å². The van der Waals surface area contributed by atoms with Crippen molar-refractivity contribution in [3.05, 3.63) is 87.1 Å². The molecule has 4 rings (SSSR count). The summed E-state index contributed by atoms with van der Waals surface area (Å²) in [6.45, 7) is 2.65. The molecule has 0 saturated heterocycles. The fraction of sp³-hybridized carbons (Fsp3) is 0.190. The van der Waals surface area contributed by atoms with Gasteiger partial charge in [0.05, 0.1) is 17.8 Å². The molecule has 0 fully saturated rings. The molecule has 1 aliphatic rings. The minimum absolute atomic E-state index is 0.196. The van der Waals surface area contributed by atoms with Crippen molar-refractivity contribution < 1.29 is 9.18 Å². The highest BCUT2D eigenvalue weighted by Crippen LogP contribution is 2.20. The molecule has 0 radical (unpaired) electrons. The SMILES string of the molecule is Cc1cccc(-c2nc3c(c(=O)[nH]2)CN(C(=O)c2ccc(F)cc2)CC3)c1. The van der Waals surface area contributed by atoms with Gasteiger partial charge in [0.2, 0.25) is 0 Å². The number of hydrogen-bond donors (Lipinski definition) is 1. The van der Waals surface area contributed by atoms with Crippen molar-refractivity contribution in [2.45, 2.75) is 19.9 Å². The van der Waals surface area contributed by atoms with Crippen LogP contribution in [0.15, 0.2) is 53.3 Å². The highest BCUT2D eigenvalue weighted by atomic mass is 19.1. The third-order valence-corrected chi connectivity index (χ3v) is 4.74. The van der Waals surface area contributed by atoms with Crippen molar-refractivity contribution in [1.29, 1.82) is 0 Å². The smallest absolute Gasteiger partial charge is 0.256 e. The third kappa shape index (κ3) is 3.38. The van der Waals surface area contributed by atoms with Crippen LogP contribution in [0.25, 0.3) is 11.4 Å². The standard InChI is InChI=1S/C21H18FN3O2/c1-13-3-2-4-15(11-13)19-23-18-9-10-25(12-17(18)20(26)24-19)21(27)14-5-7-16(22)8-6-14/h2-8,11H,9-10,12H2,1H3,(H,23,24,26). The Labute approximate surface area is 155 Å². The van der Waals surface area contributed by atoms with Crippen molar-refractivity contribution in [2.75, 3.05) is 6.54 Å². The number of aromatic nitrogens is 2. The number of halogens is 1. The third-order valence-electron chi connectivity index (χ3n) is 4.74. The predicted molar refractivity (Wildman–Crippen MR) is 99.9 cm³/mol. The molecule has 1 aliphatic heterocycles. The number of carbonyl (C=O) groups excluding carboxylic acids is 1. The number of benzene rings is 2. The molecule has 0 atom stereocenters. The van der Waals surface area contributed by atoms with Crippen molar-refractivity contribution in [3.63, 3.8) is 0 Å². The van der Waals surface area contributed by atoms with Crippen LogP contribution in [0.2, 0.25) is 0 Å². The molecular weight excluding hydrogens is 345 g/mol. The number of nitrogens with one attached hydrogen (secondary N) is 1. The van der Waals surface area contributed by atoms with E-state index in [0.29, 0.717) is 29.9 Å². The van der Waals surface area contributed by atoms with Crippen LogP contribution < -0.4 is 5.56 Å². The summed E-state index contributed by atoms with van der Waals surface area (Å²) in [6, 6.07) is 13.2. The molecule has 1 amide bonds. The normalized spacial score (nSPS) is 13.3. The van der Waals surface area contributed by atoms with Crippen molar-refractivity contribution in [3.8, 4) is 11.4 Å². The minimum Gasteiger partial charge on any atom is -0.334 e. The first-order chi connectivity index (χ1) is 13.0. The number of rotatable bonds is 2. The highest BCUT2D eigenvalue weighted by molar-refractivity contribution is 5.94. The summed E-state index contributed by atoms with van der Waals surface area (Å²) in [5.41, 5.74) is 3.35. The molecule has 0 spiro atoms. The summed E-state index contributed by atoms with van der Waals surface area (Å²) >= 11 is 0. The average molecular weight is 363 g/mol. The quantitative estimate of drug-likeness (QED) is 0.761. The summed E-state index contributed by atoms with van der Waals surface area (Å²) < 4.78 is 13.1. The lowest BCUT2D eigenvalue weighted by Crippen LogP contribution is -2.39. The van der Waals surface area contributed by atoms with Gasteiger partial charge in [-0.05, 0) is 37.3 Å². The molecule has 0 aliphatic carbocycles. The molecule has 0 saturated carbocycles. The van der Waals surface area contributed by atoms with Crippen molar-refractivity contribution in [2.24, 2.45) is 0 Å². The molecule has 1 aromatic heterocycles. The molecule has 6 heteroatoms. The summed E-state index contributed by atoms with van der Waals surface area (Å²) in [6.07, 6.45) is 0.505. The van der Waals surface area contributed by atoms with Gasteiger partial charge in [-0.15, -0.1) is 0 Å². The van der Waals surface area contributed by atoms with Crippen LogP contribution in [0.5, 0.6) is 0 Å². The van der Waals surface area contributed by atoms with E-state index in [1.807, 2.05) is 31.2 Å². The molecular formula is C21H18FN3O2. The van der Waals surface area contributed by atoms with E-state index >= 15 is 0 Å². The maximum absolute atomic E-state index is 13.1. The van der Waals surface area contributed by atoms with Gasteiger partial charge in [0.15, 0.2) is 0 Å². The molecule has 136 valence electrons. The maximum Gasteiger partial charge on any atom is 0.256 e. The number of amides is 1. The Bertz CT molecular complexity index is 1070. The number of nitrogens with zero attached hydrogens (tertiary/aromatic N) is 2. The Morgan fingerprint density at radius 2 is 1.96 bits per heavy atom. The lowest BCUT2D eigenvalue weighted by atomic mass is 10.0. The second kappa shape index (κ2) is 6.79. The largest absolute Gasteiger partial charge is 0.334 e. The summed E-state index contributed by atoms with van der Waals surface area (Å²) in [5.74, 6) is -0.0663. The number of aromatic amines is 1. The zero-order valence-electron chi connectivity index (χ0n) is 14.8. The van der Waals surface area contributed by atoms with Crippen LogP contribution in [0, 0.1) is 12.7 Å². The Kier molecular flexibility index (Phi) is 4.32. The van der Waals surface area contributed by atoms with E-state index in [1.165, 1.54) is 24.3 Å². The topological polar surface area (TPSA) is 66.1 Å². The first-order valence-electron chi connectivity index (χ1n) is 8.75. The van der Waals surface area contributed by atoms with E-state index in [0.717, 1.165) is 16.8 Å². The average Bonchev–Trinajstić information content (AvgIpc) is 2.68. The molecule has 27 heavy (non-hydrogen) atoms. The summed E-state index contributed by atoms with van der Waals surface area (Å²) in [5, 5.41) is 0. The number of aryl methyl sites for hydroxylation is 1. The van der Waals surface area contributed by atoms with E-state index in [2.05, 4.69) is 9.97 Å². The molecule has 5 nitrogen and oxygen atoms in total. The lowest BCUT2D eigenvalue weighted by molar-refractivity contribution is 0.0732. The zero-order valence-corrected chi connectivity index (χ0v) is 14.8. The van der Waals surface area contributed by atoms with E-state index in [4.69, 9.17) is 0 Å². The van der Waals surface area contributed by atoms with Crippen LogP contribution >= 0.6 is 0 Å². The van der Waals surface area contributed by atoms with Gasteiger partial charge in [-0.3, -0.25) is 9.59 Å². The molecule has 2 aromatic carbocycles. The van der Waals surface area contributed by atoms with Crippen LogP contribution in [0.1, 0.15) is 27.2 Å². The summed E-state index contributed by atoms with van der Waals surface area (Å²) in [4.78, 5) is 34.3. The Balaban J connectivity index is 1.63. The van der Waals surface area contributed by atoms with Crippen LogP contribution in [-0.4, -0.2) is 27.3 Å². The zero-order chi connectivity index (χ0) is 19.0. The van der Waals surface area contributed by atoms with Crippen LogP contribution in [0.4, 0.5) is 4.39 Å². The Morgan fingerprint density at radius 1 is 1.19 bits per heavy atom. The van der Waals surface area contributed by atoms with Crippen LogP contribution in [0.3, 0.4) is 0 Å². The second-order valence-corrected chi connectivity index (χ2v) is 6.69. The van der Waals surface area contributed by atoms with Gasteiger partial charge in [-0.1, -0.05) is 23.8 Å².